The van der Waals surface area contributed by atoms with Gasteiger partial charge in [-0.2, -0.15) is 4.31 Å². The van der Waals surface area contributed by atoms with Crippen molar-refractivity contribution in [1.29, 1.82) is 0 Å². The molecule has 0 radical (unpaired) electrons. The van der Waals surface area contributed by atoms with E-state index in [1.54, 1.807) is 6.92 Å². The van der Waals surface area contributed by atoms with Crippen molar-refractivity contribution in [2.75, 3.05) is 13.1 Å². The Balaban J connectivity index is 0.00000220. The quantitative estimate of drug-likeness (QED) is 0.918. The van der Waals surface area contributed by atoms with Gasteiger partial charge >= 0.3 is 0 Å². The molecule has 1 aromatic carbocycles. The number of hydrogen-bond donors (Lipinski definition) is 1. The van der Waals surface area contributed by atoms with Gasteiger partial charge in [-0.15, -0.1) is 12.4 Å². The fourth-order valence-corrected chi connectivity index (χ4v) is 4.38. The van der Waals surface area contributed by atoms with Crippen molar-refractivity contribution < 1.29 is 12.8 Å². The van der Waals surface area contributed by atoms with E-state index in [1.165, 1.54) is 16.4 Å². The summed E-state index contributed by atoms with van der Waals surface area (Å²) in [4.78, 5) is 0.0320. The predicted octanol–water partition coefficient (Wildman–Crippen LogP) is 2.45. The molecule has 1 saturated heterocycles. The van der Waals surface area contributed by atoms with Gasteiger partial charge in [0.1, 0.15) is 5.82 Å². The summed E-state index contributed by atoms with van der Waals surface area (Å²) in [6, 6.07) is 4.02. The second-order valence-electron chi connectivity index (χ2n) is 5.25. The van der Waals surface area contributed by atoms with Gasteiger partial charge in [0, 0.05) is 12.6 Å². The Kier molecular flexibility index (Phi) is 6.59. The maximum Gasteiger partial charge on any atom is 0.243 e. The number of aryl methyl sites for hydroxylation is 1. The van der Waals surface area contributed by atoms with Crippen LogP contribution >= 0.6 is 12.4 Å². The van der Waals surface area contributed by atoms with E-state index < -0.39 is 15.8 Å². The van der Waals surface area contributed by atoms with Gasteiger partial charge in [-0.25, -0.2) is 12.8 Å². The van der Waals surface area contributed by atoms with E-state index >= 15 is 0 Å². The third kappa shape index (κ3) is 3.94. The van der Waals surface area contributed by atoms with Crippen molar-refractivity contribution in [2.24, 2.45) is 5.73 Å². The average molecular weight is 337 g/mol. The van der Waals surface area contributed by atoms with E-state index in [0.717, 1.165) is 25.3 Å². The molecule has 0 spiro atoms. The summed E-state index contributed by atoms with van der Waals surface area (Å²) in [7, 11) is -3.63. The molecule has 2 rings (SSSR count). The van der Waals surface area contributed by atoms with Gasteiger partial charge in [0.25, 0.3) is 0 Å². The van der Waals surface area contributed by atoms with Crippen LogP contribution in [0.2, 0.25) is 0 Å². The first kappa shape index (κ1) is 18.4. The van der Waals surface area contributed by atoms with E-state index in [1.807, 2.05) is 0 Å². The number of nitrogens with zero attached hydrogens (tertiary/aromatic N) is 1. The topological polar surface area (TPSA) is 63.4 Å². The maximum atomic E-state index is 13.6. The molecule has 1 aliphatic heterocycles. The molecule has 120 valence electrons. The summed E-state index contributed by atoms with van der Waals surface area (Å²) < 4.78 is 40.4. The first-order chi connectivity index (χ1) is 9.46. The summed E-state index contributed by atoms with van der Waals surface area (Å²) in [5.74, 6) is -0.488. The Labute approximate surface area is 132 Å². The molecule has 1 atom stereocenters. The lowest BCUT2D eigenvalue weighted by Crippen LogP contribution is -2.44. The van der Waals surface area contributed by atoms with Crippen LogP contribution in [0.1, 0.15) is 31.2 Å². The fourth-order valence-electron chi connectivity index (χ4n) is 2.64. The monoisotopic (exact) mass is 336 g/mol. The third-order valence-corrected chi connectivity index (χ3v) is 5.77. The Morgan fingerprint density at radius 3 is 2.71 bits per heavy atom. The molecule has 1 heterocycles. The normalized spacial score (nSPS) is 20.0. The van der Waals surface area contributed by atoms with E-state index in [4.69, 9.17) is 5.73 Å². The Morgan fingerprint density at radius 2 is 2.10 bits per heavy atom. The van der Waals surface area contributed by atoms with Crippen LogP contribution in [0.4, 0.5) is 4.39 Å². The summed E-state index contributed by atoms with van der Waals surface area (Å²) in [6.45, 7) is 2.56. The molecule has 0 amide bonds. The number of hydrogen-bond acceptors (Lipinski definition) is 3. The zero-order chi connectivity index (χ0) is 14.8. The average Bonchev–Trinajstić information content (AvgIpc) is 2.42. The number of sulfonamides is 1. The molecule has 1 fully saturated rings. The van der Waals surface area contributed by atoms with Crippen LogP contribution in [0.3, 0.4) is 0 Å². The lowest BCUT2D eigenvalue weighted by Gasteiger charge is -2.34. The highest BCUT2D eigenvalue weighted by molar-refractivity contribution is 7.89. The lowest BCUT2D eigenvalue weighted by molar-refractivity contribution is 0.243. The largest absolute Gasteiger partial charge is 0.330 e. The van der Waals surface area contributed by atoms with Crippen LogP contribution in [0.25, 0.3) is 0 Å². The predicted molar refractivity (Wildman–Crippen MR) is 83.6 cm³/mol. The number of halogens is 2. The standard InChI is InChI=1S/C14H21FN2O2S.ClH/c1-11-5-6-13(10-14(11)15)20(18,19)17-9-3-2-4-12(17)7-8-16;/h5-6,10,12H,2-4,7-9,16H2,1H3;1H. The molecule has 4 nitrogen and oxygen atoms in total. The Morgan fingerprint density at radius 1 is 1.38 bits per heavy atom. The molecule has 21 heavy (non-hydrogen) atoms. The molecule has 0 bridgehead atoms. The molecular weight excluding hydrogens is 315 g/mol. The van der Waals surface area contributed by atoms with Gasteiger partial charge in [0.2, 0.25) is 10.0 Å². The van der Waals surface area contributed by atoms with E-state index in [0.29, 0.717) is 25.1 Å². The molecule has 1 unspecified atom stereocenters. The maximum absolute atomic E-state index is 13.6. The second kappa shape index (κ2) is 7.54. The molecule has 0 saturated carbocycles. The zero-order valence-corrected chi connectivity index (χ0v) is 13.7. The smallest absolute Gasteiger partial charge is 0.243 e. The molecule has 0 aromatic heterocycles. The van der Waals surface area contributed by atoms with Gasteiger partial charge in [0.05, 0.1) is 4.90 Å². The molecule has 1 aliphatic rings. The van der Waals surface area contributed by atoms with Crippen LogP contribution in [0, 0.1) is 12.7 Å². The highest BCUT2D eigenvalue weighted by atomic mass is 35.5. The van der Waals surface area contributed by atoms with Crippen LogP contribution < -0.4 is 5.73 Å². The Bertz CT molecular complexity index is 578. The number of benzene rings is 1. The molecule has 0 aliphatic carbocycles. The van der Waals surface area contributed by atoms with Gasteiger partial charge in [-0.1, -0.05) is 12.5 Å². The fraction of sp³-hybridized carbons (Fsp3) is 0.571. The molecule has 2 N–H and O–H groups in total. The minimum Gasteiger partial charge on any atom is -0.330 e. The van der Waals surface area contributed by atoms with Crippen molar-refractivity contribution in [1.82, 2.24) is 4.31 Å². The SMILES string of the molecule is Cc1ccc(S(=O)(=O)N2CCCCC2CCN)cc1F.Cl. The summed E-state index contributed by atoms with van der Waals surface area (Å²) in [6.07, 6.45) is 3.33. The van der Waals surface area contributed by atoms with Crippen molar-refractivity contribution in [2.45, 2.75) is 43.5 Å². The minimum absolute atomic E-state index is 0. The van der Waals surface area contributed by atoms with E-state index in [9.17, 15) is 12.8 Å². The highest BCUT2D eigenvalue weighted by Gasteiger charge is 2.33. The minimum atomic E-state index is -3.63. The summed E-state index contributed by atoms with van der Waals surface area (Å²) in [5, 5.41) is 0. The second-order valence-corrected chi connectivity index (χ2v) is 7.14. The van der Waals surface area contributed by atoms with Gasteiger partial charge in [-0.05, 0) is 50.4 Å². The van der Waals surface area contributed by atoms with E-state index in [2.05, 4.69) is 0 Å². The van der Waals surface area contributed by atoms with Gasteiger partial charge in [0.15, 0.2) is 0 Å². The van der Waals surface area contributed by atoms with Crippen molar-refractivity contribution in [3.05, 3.63) is 29.6 Å². The highest BCUT2D eigenvalue weighted by Crippen LogP contribution is 2.27. The van der Waals surface area contributed by atoms with Crippen LogP contribution in [-0.4, -0.2) is 31.9 Å². The van der Waals surface area contributed by atoms with Gasteiger partial charge in [-0.3, -0.25) is 0 Å². The first-order valence-corrected chi connectivity index (χ1v) is 8.39. The molecule has 7 heteroatoms. The summed E-state index contributed by atoms with van der Waals surface area (Å²) >= 11 is 0. The van der Waals surface area contributed by atoms with Gasteiger partial charge < -0.3 is 5.73 Å². The van der Waals surface area contributed by atoms with Crippen LogP contribution in [0.15, 0.2) is 23.1 Å². The van der Waals surface area contributed by atoms with Crippen molar-refractivity contribution >= 4 is 22.4 Å². The number of rotatable bonds is 4. The zero-order valence-electron chi connectivity index (χ0n) is 12.1. The van der Waals surface area contributed by atoms with Crippen LogP contribution in [-0.2, 0) is 10.0 Å². The molecular formula is C14H22ClFN2O2S. The van der Waals surface area contributed by atoms with Crippen molar-refractivity contribution in [3.8, 4) is 0 Å². The molecule has 1 aromatic rings. The van der Waals surface area contributed by atoms with E-state index in [-0.39, 0.29) is 23.3 Å². The summed E-state index contributed by atoms with van der Waals surface area (Å²) in [5.41, 5.74) is 6.01. The first-order valence-electron chi connectivity index (χ1n) is 6.95. The third-order valence-electron chi connectivity index (χ3n) is 3.82. The van der Waals surface area contributed by atoms with Crippen molar-refractivity contribution in [3.63, 3.8) is 0 Å². The lowest BCUT2D eigenvalue weighted by atomic mass is 10.0. The Hall–Kier alpha value is -0.690. The van der Waals surface area contributed by atoms with Crippen LogP contribution in [0.5, 0.6) is 0 Å². The number of piperidine rings is 1. The number of nitrogens with two attached hydrogens (primary N) is 1.